The summed E-state index contributed by atoms with van der Waals surface area (Å²) < 4.78 is 20.1. The van der Waals surface area contributed by atoms with Gasteiger partial charge in [0, 0.05) is 0 Å². The van der Waals surface area contributed by atoms with Crippen LogP contribution in [0, 0.1) is 13.8 Å². The van der Waals surface area contributed by atoms with Gasteiger partial charge in [-0.3, -0.25) is 0 Å². The summed E-state index contributed by atoms with van der Waals surface area (Å²) >= 11 is -3.50. The summed E-state index contributed by atoms with van der Waals surface area (Å²) in [6, 6.07) is 37.2. The van der Waals surface area contributed by atoms with E-state index in [0.29, 0.717) is 11.5 Å². The molecule has 0 spiro atoms. The van der Waals surface area contributed by atoms with E-state index in [0.717, 1.165) is 74.0 Å². The SMILES string of the molecule is Cc1ccc2c(-c3ccccc3)ccc([O][Ga]([O]C3=CC=CCC3)[O]c3ccc(-c4ccccc4)c4ccc(C)nc34)c2n1. The molecule has 0 N–H and O–H groups in total. The van der Waals surface area contributed by atoms with Crippen molar-refractivity contribution >= 4 is 39.1 Å². The van der Waals surface area contributed by atoms with Crippen LogP contribution in [0.25, 0.3) is 44.1 Å². The van der Waals surface area contributed by atoms with Gasteiger partial charge in [-0.2, -0.15) is 0 Å². The zero-order valence-corrected chi connectivity index (χ0v) is 27.2. The molecule has 6 heteroatoms. The van der Waals surface area contributed by atoms with Gasteiger partial charge in [-0.1, -0.05) is 0 Å². The van der Waals surface area contributed by atoms with E-state index in [9.17, 15) is 0 Å². The van der Waals surface area contributed by atoms with Crippen molar-refractivity contribution in [1.29, 1.82) is 0 Å². The molecule has 0 amide bonds. The number of hydrogen-bond acceptors (Lipinski definition) is 5. The van der Waals surface area contributed by atoms with Crippen LogP contribution in [0.5, 0.6) is 11.5 Å². The van der Waals surface area contributed by atoms with Crippen LogP contribution in [-0.4, -0.2) is 27.3 Å². The second-order valence-electron chi connectivity index (χ2n) is 10.9. The Morgan fingerprint density at radius 3 is 1.57 bits per heavy atom. The van der Waals surface area contributed by atoms with Gasteiger partial charge in [-0.15, -0.1) is 0 Å². The third-order valence-corrected chi connectivity index (χ3v) is 10.7. The van der Waals surface area contributed by atoms with E-state index in [1.54, 1.807) is 0 Å². The normalized spacial score (nSPS) is 12.6. The summed E-state index contributed by atoms with van der Waals surface area (Å²) in [5.74, 6) is 2.20. The van der Waals surface area contributed by atoms with Gasteiger partial charge in [-0.05, 0) is 0 Å². The molecule has 0 unspecified atom stereocenters. The van der Waals surface area contributed by atoms with Crippen LogP contribution >= 0.6 is 0 Å². The molecule has 1 aliphatic carbocycles. The number of nitrogens with zero attached hydrogens (tertiary/aromatic N) is 2. The molecule has 0 bridgehead atoms. The first-order chi connectivity index (χ1) is 21.6. The molecule has 7 rings (SSSR count). The Hall–Kier alpha value is -4.78. The maximum absolute atomic E-state index is 6.76. The van der Waals surface area contributed by atoms with Crippen LogP contribution < -0.4 is 7.06 Å². The molecule has 0 radical (unpaired) electrons. The molecule has 44 heavy (non-hydrogen) atoms. The molecule has 0 fully saturated rings. The van der Waals surface area contributed by atoms with E-state index in [4.69, 9.17) is 20.6 Å². The van der Waals surface area contributed by atoms with E-state index in [1.165, 1.54) is 0 Å². The Bertz CT molecular complexity index is 1890. The number of rotatable bonds is 8. The third kappa shape index (κ3) is 5.87. The van der Waals surface area contributed by atoms with Crippen LogP contribution in [0.3, 0.4) is 0 Å². The molecule has 0 saturated heterocycles. The third-order valence-electron chi connectivity index (χ3n) is 7.76. The quantitative estimate of drug-likeness (QED) is 0.156. The van der Waals surface area contributed by atoms with Crippen LogP contribution in [-0.2, 0) is 3.53 Å². The first kappa shape index (κ1) is 28.0. The zero-order valence-electron chi connectivity index (χ0n) is 24.7. The van der Waals surface area contributed by atoms with Crippen molar-refractivity contribution < 1.29 is 10.6 Å². The fourth-order valence-corrected chi connectivity index (χ4v) is 8.49. The number of aryl methyl sites for hydroxylation is 2. The van der Waals surface area contributed by atoms with Gasteiger partial charge in [0.05, 0.1) is 0 Å². The summed E-state index contributed by atoms with van der Waals surface area (Å²) in [6.45, 7) is 4.00. The molecule has 4 aromatic carbocycles. The summed E-state index contributed by atoms with van der Waals surface area (Å²) in [7, 11) is 0. The molecule has 5 nitrogen and oxygen atoms in total. The Labute approximate surface area is 263 Å². The number of fused-ring (bicyclic) bond motifs is 2. The van der Waals surface area contributed by atoms with Gasteiger partial charge in [-0.25, -0.2) is 0 Å². The van der Waals surface area contributed by atoms with E-state index < -0.39 is 17.3 Å². The number of allylic oxidation sites excluding steroid dienone is 4. The predicted octanol–water partition coefficient (Wildman–Crippen LogP) is 9.43. The average molecular weight is 633 g/mol. The predicted molar refractivity (Wildman–Crippen MR) is 178 cm³/mol. The van der Waals surface area contributed by atoms with Gasteiger partial charge in [0.25, 0.3) is 0 Å². The molecule has 0 atom stereocenters. The second kappa shape index (κ2) is 12.4. The fourth-order valence-electron chi connectivity index (χ4n) is 5.59. The van der Waals surface area contributed by atoms with Gasteiger partial charge >= 0.3 is 265 Å². The van der Waals surface area contributed by atoms with Gasteiger partial charge in [0.2, 0.25) is 0 Å². The van der Waals surface area contributed by atoms with Crippen molar-refractivity contribution in [2.75, 3.05) is 0 Å². The first-order valence-electron chi connectivity index (χ1n) is 14.9. The van der Waals surface area contributed by atoms with E-state index in [1.807, 2.05) is 62.4 Å². The van der Waals surface area contributed by atoms with Crippen molar-refractivity contribution in [1.82, 2.24) is 9.97 Å². The fraction of sp³-hybridized carbons (Fsp3) is 0.105. The maximum atomic E-state index is 6.76. The summed E-state index contributed by atoms with van der Waals surface area (Å²) in [5.41, 5.74) is 7.90. The number of benzene rings is 4. The molecular weight excluding hydrogens is 602 g/mol. The van der Waals surface area contributed by atoms with Crippen molar-refractivity contribution in [3.05, 3.63) is 145 Å². The van der Waals surface area contributed by atoms with Crippen LogP contribution in [0.4, 0.5) is 0 Å². The van der Waals surface area contributed by atoms with Crippen molar-refractivity contribution in [2.45, 2.75) is 26.7 Å². The molecule has 214 valence electrons. The zero-order chi connectivity index (χ0) is 29.9. The topological polar surface area (TPSA) is 53.5 Å². The molecule has 1 aliphatic rings. The van der Waals surface area contributed by atoms with Crippen molar-refractivity contribution in [3.8, 4) is 33.8 Å². The Morgan fingerprint density at radius 2 is 1.09 bits per heavy atom. The van der Waals surface area contributed by atoms with E-state index >= 15 is 0 Å². The van der Waals surface area contributed by atoms with Crippen molar-refractivity contribution in [3.63, 3.8) is 0 Å². The van der Waals surface area contributed by atoms with Crippen LogP contribution in [0.2, 0.25) is 0 Å². The van der Waals surface area contributed by atoms with Gasteiger partial charge in [0.1, 0.15) is 0 Å². The number of hydrogen-bond donors (Lipinski definition) is 0. The standard InChI is InChI=1S/2C16H13NO.C6H8O.Ga/c2*1-11-7-8-14-13(12-5-3-2-4-6-12)9-10-15(18)16(14)17-11;7-6-4-2-1-3-5-6;/h2*2-10,18H,1H3;1-2,4,7H,3,5H2;/q;;;+3/p-3. The minimum atomic E-state index is -3.50. The summed E-state index contributed by atoms with van der Waals surface area (Å²) in [5, 5.41) is 2.05. The van der Waals surface area contributed by atoms with Gasteiger partial charge < -0.3 is 0 Å². The van der Waals surface area contributed by atoms with Gasteiger partial charge in [0.15, 0.2) is 0 Å². The Balaban J connectivity index is 1.30. The van der Waals surface area contributed by atoms with E-state index in [-0.39, 0.29) is 0 Å². The number of pyridine rings is 2. The van der Waals surface area contributed by atoms with Crippen LogP contribution in [0.1, 0.15) is 24.2 Å². The molecule has 0 aliphatic heterocycles. The van der Waals surface area contributed by atoms with E-state index in [2.05, 4.69) is 78.9 Å². The summed E-state index contributed by atoms with van der Waals surface area (Å²) in [4.78, 5) is 9.86. The molecular formula is C38H31GaN2O3. The Morgan fingerprint density at radius 1 is 0.568 bits per heavy atom. The monoisotopic (exact) mass is 632 g/mol. The average Bonchev–Trinajstić information content (AvgIpc) is 3.06. The molecule has 6 aromatic rings. The molecule has 2 heterocycles. The molecule has 2 aromatic heterocycles. The first-order valence-corrected chi connectivity index (χ1v) is 17.9. The number of aromatic nitrogens is 2. The minimum absolute atomic E-state index is 0.662. The second-order valence-corrected chi connectivity index (χ2v) is 13.6. The Kier molecular flexibility index (Phi) is 7.92. The molecule has 0 saturated carbocycles. The van der Waals surface area contributed by atoms with Crippen molar-refractivity contribution in [2.24, 2.45) is 0 Å². The van der Waals surface area contributed by atoms with Crippen LogP contribution in [0.15, 0.2) is 133 Å². The summed E-state index contributed by atoms with van der Waals surface area (Å²) in [6.07, 6.45) is 7.91.